The summed E-state index contributed by atoms with van der Waals surface area (Å²) in [6.07, 6.45) is 8.14. The molecule has 3 rings (SSSR count). The molecule has 0 radical (unpaired) electrons. The Labute approximate surface area is 109 Å². The van der Waals surface area contributed by atoms with Crippen molar-refractivity contribution in [1.82, 2.24) is 19.8 Å². The van der Waals surface area contributed by atoms with E-state index in [1.54, 1.807) is 0 Å². The van der Waals surface area contributed by atoms with Crippen molar-refractivity contribution < 1.29 is 0 Å². The Morgan fingerprint density at radius 1 is 1.39 bits per heavy atom. The SMILES string of the molecule is CCn1cncc1CNCC1CCN(C2CC2)C1. The molecule has 18 heavy (non-hydrogen) atoms. The standard InChI is InChI=1S/C14H24N4/c1-2-17-11-16-9-14(17)8-15-7-12-5-6-18(10-12)13-3-4-13/h9,11-13,15H,2-8,10H2,1H3. The predicted molar refractivity (Wildman–Crippen MR) is 72.3 cm³/mol. The van der Waals surface area contributed by atoms with E-state index in [9.17, 15) is 0 Å². The van der Waals surface area contributed by atoms with E-state index in [4.69, 9.17) is 0 Å². The van der Waals surface area contributed by atoms with Gasteiger partial charge in [-0.2, -0.15) is 0 Å². The van der Waals surface area contributed by atoms with Gasteiger partial charge in [-0.3, -0.25) is 0 Å². The van der Waals surface area contributed by atoms with Crippen LogP contribution in [0.25, 0.3) is 0 Å². The zero-order valence-corrected chi connectivity index (χ0v) is 11.3. The lowest BCUT2D eigenvalue weighted by Crippen LogP contribution is -2.27. The van der Waals surface area contributed by atoms with Crippen LogP contribution in [0.5, 0.6) is 0 Å². The lowest BCUT2D eigenvalue weighted by atomic mass is 10.1. The topological polar surface area (TPSA) is 33.1 Å². The fraction of sp³-hybridized carbons (Fsp3) is 0.786. The highest BCUT2D eigenvalue weighted by molar-refractivity contribution is 4.98. The van der Waals surface area contributed by atoms with Crippen molar-refractivity contribution in [3.8, 4) is 0 Å². The number of imidazole rings is 1. The number of hydrogen-bond acceptors (Lipinski definition) is 3. The van der Waals surface area contributed by atoms with Crippen LogP contribution < -0.4 is 5.32 Å². The Kier molecular flexibility index (Phi) is 3.66. The van der Waals surface area contributed by atoms with Crippen LogP contribution in [0.15, 0.2) is 12.5 Å². The van der Waals surface area contributed by atoms with E-state index < -0.39 is 0 Å². The first kappa shape index (κ1) is 12.2. The second-order valence-corrected chi connectivity index (χ2v) is 5.68. The molecule has 1 unspecified atom stereocenters. The van der Waals surface area contributed by atoms with Gasteiger partial charge < -0.3 is 14.8 Å². The fourth-order valence-corrected chi connectivity index (χ4v) is 2.99. The molecule has 0 aromatic carbocycles. The second-order valence-electron chi connectivity index (χ2n) is 5.68. The van der Waals surface area contributed by atoms with E-state index >= 15 is 0 Å². The Bertz CT molecular complexity index is 383. The predicted octanol–water partition coefficient (Wildman–Crippen LogP) is 1.48. The van der Waals surface area contributed by atoms with E-state index in [0.29, 0.717) is 0 Å². The van der Waals surface area contributed by atoms with Crippen LogP contribution in [0.2, 0.25) is 0 Å². The van der Waals surface area contributed by atoms with Gasteiger partial charge in [-0.15, -0.1) is 0 Å². The highest BCUT2D eigenvalue weighted by Crippen LogP contribution is 2.31. The largest absolute Gasteiger partial charge is 0.334 e. The van der Waals surface area contributed by atoms with Crippen molar-refractivity contribution in [2.75, 3.05) is 19.6 Å². The molecule has 2 aliphatic rings. The molecule has 1 aliphatic carbocycles. The van der Waals surface area contributed by atoms with Crippen molar-refractivity contribution in [2.24, 2.45) is 5.92 Å². The van der Waals surface area contributed by atoms with Crippen LogP contribution in [0, 0.1) is 5.92 Å². The number of nitrogens with zero attached hydrogens (tertiary/aromatic N) is 3. The smallest absolute Gasteiger partial charge is 0.0948 e. The number of aromatic nitrogens is 2. The summed E-state index contributed by atoms with van der Waals surface area (Å²) in [5.74, 6) is 0.851. The summed E-state index contributed by atoms with van der Waals surface area (Å²) in [6, 6.07) is 0.941. The van der Waals surface area contributed by atoms with Gasteiger partial charge >= 0.3 is 0 Å². The summed E-state index contributed by atoms with van der Waals surface area (Å²) in [7, 11) is 0. The molecule has 2 fully saturated rings. The van der Waals surface area contributed by atoms with Crippen molar-refractivity contribution in [3.63, 3.8) is 0 Å². The average Bonchev–Trinajstić information content (AvgIpc) is 2.96. The maximum atomic E-state index is 4.20. The lowest BCUT2D eigenvalue weighted by Gasteiger charge is -2.15. The van der Waals surface area contributed by atoms with Crippen molar-refractivity contribution in [3.05, 3.63) is 18.2 Å². The molecular weight excluding hydrogens is 224 g/mol. The summed E-state index contributed by atoms with van der Waals surface area (Å²) >= 11 is 0. The van der Waals surface area contributed by atoms with Gasteiger partial charge in [-0.1, -0.05) is 0 Å². The number of aryl methyl sites for hydroxylation is 1. The fourth-order valence-electron chi connectivity index (χ4n) is 2.99. The van der Waals surface area contributed by atoms with Gasteiger partial charge in [0.05, 0.1) is 12.0 Å². The second kappa shape index (κ2) is 5.41. The molecule has 1 aliphatic heterocycles. The van der Waals surface area contributed by atoms with Crippen LogP contribution in [0.4, 0.5) is 0 Å². The Hall–Kier alpha value is -0.870. The normalized spacial score (nSPS) is 24.8. The third-order valence-electron chi connectivity index (χ3n) is 4.26. The first-order valence-corrected chi connectivity index (χ1v) is 7.30. The minimum absolute atomic E-state index is 0.851. The number of likely N-dealkylation sites (tertiary alicyclic amines) is 1. The zero-order valence-electron chi connectivity index (χ0n) is 11.3. The van der Waals surface area contributed by atoms with E-state index in [1.807, 2.05) is 12.5 Å². The van der Waals surface area contributed by atoms with Crippen LogP contribution >= 0.6 is 0 Å². The summed E-state index contributed by atoms with van der Waals surface area (Å²) in [5, 5.41) is 3.60. The molecule has 1 atom stereocenters. The summed E-state index contributed by atoms with van der Waals surface area (Å²) in [4.78, 5) is 6.88. The molecule has 1 N–H and O–H groups in total. The van der Waals surface area contributed by atoms with Gasteiger partial charge in [0, 0.05) is 31.9 Å². The Morgan fingerprint density at radius 3 is 3.06 bits per heavy atom. The summed E-state index contributed by atoms with van der Waals surface area (Å²) in [5.41, 5.74) is 1.30. The Balaban J connectivity index is 1.39. The van der Waals surface area contributed by atoms with E-state index in [1.165, 1.54) is 38.0 Å². The zero-order chi connectivity index (χ0) is 12.4. The number of rotatable bonds is 6. The van der Waals surface area contributed by atoms with Gasteiger partial charge in [0.1, 0.15) is 0 Å². The highest BCUT2D eigenvalue weighted by Gasteiger charge is 2.33. The Morgan fingerprint density at radius 2 is 2.28 bits per heavy atom. The molecule has 1 aromatic heterocycles. The lowest BCUT2D eigenvalue weighted by molar-refractivity contribution is 0.311. The highest BCUT2D eigenvalue weighted by atomic mass is 15.2. The van der Waals surface area contributed by atoms with Gasteiger partial charge in [0.15, 0.2) is 0 Å². The van der Waals surface area contributed by atoms with Crippen molar-refractivity contribution in [2.45, 2.75) is 45.3 Å². The van der Waals surface area contributed by atoms with E-state index in [2.05, 4.69) is 26.7 Å². The minimum atomic E-state index is 0.851. The van der Waals surface area contributed by atoms with Crippen molar-refractivity contribution in [1.29, 1.82) is 0 Å². The van der Waals surface area contributed by atoms with Crippen molar-refractivity contribution >= 4 is 0 Å². The molecule has 4 heteroatoms. The van der Waals surface area contributed by atoms with Crippen LogP contribution in [0.3, 0.4) is 0 Å². The van der Waals surface area contributed by atoms with Crippen LogP contribution in [-0.4, -0.2) is 40.1 Å². The molecule has 1 saturated heterocycles. The maximum Gasteiger partial charge on any atom is 0.0948 e. The molecule has 0 bridgehead atoms. The molecule has 4 nitrogen and oxygen atoms in total. The molecule has 0 amide bonds. The quantitative estimate of drug-likeness (QED) is 0.828. The monoisotopic (exact) mass is 248 g/mol. The summed E-state index contributed by atoms with van der Waals surface area (Å²) in [6.45, 7) is 7.91. The number of nitrogens with one attached hydrogen (secondary N) is 1. The van der Waals surface area contributed by atoms with Gasteiger partial charge in [0.25, 0.3) is 0 Å². The molecule has 100 valence electrons. The minimum Gasteiger partial charge on any atom is -0.334 e. The third kappa shape index (κ3) is 2.75. The summed E-state index contributed by atoms with van der Waals surface area (Å²) < 4.78 is 2.21. The number of hydrogen-bond donors (Lipinski definition) is 1. The van der Waals surface area contributed by atoms with Crippen LogP contribution in [-0.2, 0) is 13.1 Å². The van der Waals surface area contributed by atoms with Gasteiger partial charge in [-0.05, 0) is 45.2 Å². The molecule has 2 heterocycles. The first-order valence-electron chi connectivity index (χ1n) is 7.30. The maximum absolute atomic E-state index is 4.20. The molecule has 0 spiro atoms. The molecule has 1 aromatic rings. The molecular formula is C14H24N4. The average molecular weight is 248 g/mol. The first-order chi connectivity index (χ1) is 8.86. The van der Waals surface area contributed by atoms with Gasteiger partial charge in [0.2, 0.25) is 0 Å². The molecule has 1 saturated carbocycles. The van der Waals surface area contributed by atoms with E-state index in [0.717, 1.165) is 31.6 Å². The third-order valence-corrected chi connectivity index (χ3v) is 4.26. The van der Waals surface area contributed by atoms with Crippen LogP contribution in [0.1, 0.15) is 31.9 Å². The van der Waals surface area contributed by atoms with E-state index in [-0.39, 0.29) is 0 Å². The van der Waals surface area contributed by atoms with Gasteiger partial charge in [-0.25, -0.2) is 4.98 Å².